The Morgan fingerprint density at radius 3 is 2.08 bits per heavy atom. The molecule has 0 aliphatic rings. The largest absolute Gasteiger partial charge is 0.493 e. The number of amides is 2. The van der Waals surface area contributed by atoms with Gasteiger partial charge in [0.1, 0.15) is 19.3 Å². The number of likely N-dealkylation sites (N-methyl/N-ethyl adjacent to an activating group) is 1. The van der Waals surface area contributed by atoms with E-state index >= 15 is 0 Å². The molecule has 36 heavy (non-hydrogen) atoms. The molecule has 1 atom stereocenters. The van der Waals surface area contributed by atoms with E-state index in [-0.39, 0.29) is 13.0 Å². The number of rotatable bonds is 11. The van der Waals surface area contributed by atoms with E-state index in [1.54, 1.807) is 7.11 Å². The Morgan fingerprint density at radius 2 is 1.50 bits per heavy atom. The van der Waals surface area contributed by atoms with Gasteiger partial charge >= 0.3 is 6.09 Å². The van der Waals surface area contributed by atoms with Crippen LogP contribution in [0.2, 0.25) is 0 Å². The maximum atomic E-state index is 13.0. The highest BCUT2D eigenvalue weighted by atomic mass is 16.7. The molecule has 0 radical (unpaired) electrons. The fraction of sp³-hybridized carbons (Fsp3) is 0.286. The number of hydrogen-bond acceptors (Lipinski definition) is 6. The number of nitrogens with one attached hydrogen (secondary N) is 1. The molecule has 0 spiro atoms. The number of nitrogens with zero attached hydrogens (tertiary/aromatic N) is 1. The molecule has 3 aromatic rings. The molecule has 3 rings (SSSR count). The second-order valence-electron chi connectivity index (χ2n) is 8.20. The summed E-state index contributed by atoms with van der Waals surface area (Å²) < 4.78 is 16.9. The van der Waals surface area contributed by atoms with Crippen molar-refractivity contribution in [2.24, 2.45) is 0 Å². The second-order valence-corrected chi connectivity index (χ2v) is 8.20. The Balaban J connectivity index is 1.77. The van der Waals surface area contributed by atoms with Gasteiger partial charge in [0.25, 0.3) is 5.91 Å². The summed E-state index contributed by atoms with van der Waals surface area (Å²) in [7, 11) is 4.46. The molecule has 0 fully saturated rings. The third kappa shape index (κ3) is 7.48. The molecule has 2 amide bonds. The Morgan fingerprint density at radius 1 is 0.889 bits per heavy atom. The van der Waals surface area contributed by atoms with Crippen LogP contribution in [0.15, 0.2) is 72.8 Å². The summed E-state index contributed by atoms with van der Waals surface area (Å²) in [4.78, 5) is 30.6. The molecule has 0 saturated carbocycles. The Hall–Kier alpha value is -4.04. The van der Waals surface area contributed by atoms with Crippen LogP contribution in [0.4, 0.5) is 4.79 Å². The average molecular weight is 493 g/mol. The lowest BCUT2D eigenvalue weighted by Gasteiger charge is -2.23. The standard InChI is InChI=1S/C28H32N2O6/c1-20-15-23(17-25(26(20)33-3)35-18-21-11-7-5-8-12-21)16-24(27(31)30(2)34-4)29-28(32)36-19-22-13-9-6-10-14-22/h5-15,17,24H,16,18-19H2,1-4H3,(H,29,32)/t24-/m0/s1. The highest BCUT2D eigenvalue weighted by Crippen LogP contribution is 2.33. The lowest BCUT2D eigenvalue weighted by Crippen LogP contribution is -2.48. The fourth-order valence-corrected chi connectivity index (χ4v) is 3.69. The van der Waals surface area contributed by atoms with Crippen molar-refractivity contribution in [2.75, 3.05) is 21.3 Å². The summed E-state index contributed by atoms with van der Waals surface area (Å²) in [5.74, 6) is 0.741. The SMILES string of the molecule is COc1c(C)cc(C[C@H](NC(=O)OCc2ccccc2)C(=O)N(C)OC)cc1OCc1ccccc1. The van der Waals surface area contributed by atoms with Gasteiger partial charge < -0.3 is 19.5 Å². The van der Waals surface area contributed by atoms with E-state index in [1.807, 2.05) is 79.7 Å². The number of ether oxygens (including phenoxy) is 3. The summed E-state index contributed by atoms with van der Waals surface area (Å²) >= 11 is 0. The first-order valence-corrected chi connectivity index (χ1v) is 11.5. The molecule has 8 heteroatoms. The third-order valence-electron chi connectivity index (χ3n) is 5.57. The topological polar surface area (TPSA) is 86.3 Å². The van der Waals surface area contributed by atoms with E-state index in [1.165, 1.54) is 14.2 Å². The fourth-order valence-electron chi connectivity index (χ4n) is 3.69. The van der Waals surface area contributed by atoms with Gasteiger partial charge in [0.05, 0.1) is 14.2 Å². The van der Waals surface area contributed by atoms with E-state index < -0.39 is 18.0 Å². The van der Waals surface area contributed by atoms with E-state index in [0.717, 1.165) is 27.3 Å². The maximum Gasteiger partial charge on any atom is 0.408 e. The molecule has 1 N–H and O–H groups in total. The molecular weight excluding hydrogens is 460 g/mol. The lowest BCUT2D eigenvalue weighted by atomic mass is 10.0. The lowest BCUT2D eigenvalue weighted by molar-refractivity contribution is -0.170. The predicted molar refractivity (Wildman–Crippen MR) is 136 cm³/mol. The van der Waals surface area contributed by atoms with Crippen LogP contribution >= 0.6 is 0 Å². The minimum Gasteiger partial charge on any atom is -0.493 e. The Bertz CT molecular complexity index is 1140. The molecular formula is C28H32N2O6. The van der Waals surface area contributed by atoms with Crippen LogP contribution in [0.25, 0.3) is 0 Å². The van der Waals surface area contributed by atoms with Crippen molar-refractivity contribution >= 4 is 12.0 Å². The first-order valence-electron chi connectivity index (χ1n) is 11.5. The number of carbonyl (C=O) groups is 2. The van der Waals surface area contributed by atoms with Crippen LogP contribution < -0.4 is 14.8 Å². The summed E-state index contributed by atoms with van der Waals surface area (Å²) in [6.45, 7) is 2.35. The van der Waals surface area contributed by atoms with Gasteiger partial charge in [0.15, 0.2) is 11.5 Å². The molecule has 0 unspecified atom stereocenters. The van der Waals surface area contributed by atoms with Crippen molar-refractivity contribution in [1.82, 2.24) is 10.4 Å². The number of benzene rings is 3. The maximum absolute atomic E-state index is 13.0. The normalized spacial score (nSPS) is 11.3. The highest BCUT2D eigenvalue weighted by Gasteiger charge is 2.26. The van der Waals surface area contributed by atoms with Crippen LogP contribution in [0.5, 0.6) is 11.5 Å². The number of hydrogen-bond donors (Lipinski definition) is 1. The second kappa shape index (κ2) is 13.2. The van der Waals surface area contributed by atoms with Gasteiger partial charge in [-0.1, -0.05) is 66.7 Å². The van der Waals surface area contributed by atoms with Crippen molar-refractivity contribution < 1.29 is 28.6 Å². The van der Waals surface area contributed by atoms with Gasteiger partial charge in [-0.3, -0.25) is 9.63 Å². The van der Waals surface area contributed by atoms with Crippen molar-refractivity contribution in [1.29, 1.82) is 0 Å². The van der Waals surface area contributed by atoms with Crippen LogP contribution in [-0.4, -0.2) is 44.4 Å². The molecule has 8 nitrogen and oxygen atoms in total. The van der Waals surface area contributed by atoms with Crippen LogP contribution in [-0.2, 0) is 34.0 Å². The van der Waals surface area contributed by atoms with Crippen molar-refractivity contribution in [3.05, 3.63) is 95.1 Å². The van der Waals surface area contributed by atoms with Crippen LogP contribution in [0.1, 0.15) is 22.3 Å². The minimum absolute atomic E-state index is 0.0901. The van der Waals surface area contributed by atoms with Crippen LogP contribution in [0, 0.1) is 6.92 Å². The number of carbonyl (C=O) groups excluding carboxylic acids is 2. The van der Waals surface area contributed by atoms with Gasteiger partial charge in [-0.25, -0.2) is 9.86 Å². The minimum atomic E-state index is -0.923. The smallest absolute Gasteiger partial charge is 0.408 e. The van der Waals surface area contributed by atoms with Gasteiger partial charge in [-0.2, -0.15) is 0 Å². The van der Waals surface area contributed by atoms with Gasteiger partial charge in [-0.15, -0.1) is 0 Å². The number of aryl methyl sites for hydroxylation is 1. The van der Waals surface area contributed by atoms with Crippen LogP contribution in [0.3, 0.4) is 0 Å². The Kier molecular flexibility index (Phi) is 9.71. The van der Waals surface area contributed by atoms with Crippen molar-refractivity contribution in [3.8, 4) is 11.5 Å². The summed E-state index contributed by atoms with van der Waals surface area (Å²) in [5.41, 5.74) is 3.48. The van der Waals surface area contributed by atoms with Gasteiger partial charge in [0, 0.05) is 13.5 Å². The molecule has 0 bridgehead atoms. The predicted octanol–water partition coefficient (Wildman–Crippen LogP) is 4.44. The van der Waals surface area contributed by atoms with Gasteiger partial charge in [-0.05, 0) is 35.2 Å². The highest BCUT2D eigenvalue weighted by molar-refractivity contribution is 5.85. The zero-order valence-electron chi connectivity index (χ0n) is 21.0. The summed E-state index contributed by atoms with van der Waals surface area (Å²) in [6, 6.07) is 21.9. The Labute approximate surface area is 211 Å². The average Bonchev–Trinajstić information content (AvgIpc) is 2.90. The number of methoxy groups -OCH3 is 1. The van der Waals surface area contributed by atoms with Crippen molar-refractivity contribution in [2.45, 2.75) is 32.6 Å². The summed E-state index contributed by atoms with van der Waals surface area (Å²) in [5, 5.41) is 3.75. The quantitative estimate of drug-likeness (QED) is 0.398. The van der Waals surface area contributed by atoms with Crippen molar-refractivity contribution in [3.63, 3.8) is 0 Å². The monoisotopic (exact) mass is 492 g/mol. The zero-order valence-corrected chi connectivity index (χ0v) is 21.0. The van der Waals surface area contributed by atoms with E-state index in [4.69, 9.17) is 19.0 Å². The van der Waals surface area contributed by atoms with Gasteiger partial charge in [0.2, 0.25) is 0 Å². The first kappa shape index (κ1) is 26.6. The number of hydroxylamine groups is 2. The molecule has 0 aliphatic heterocycles. The van der Waals surface area contributed by atoms with E-state index in [2.05, 4.69) is 5.32 Å². The number of alkyl carbamates (subject to hydrolysis) is 1. The molecule has 3 aromatic carbocycles. The molecule has 0 heterocycles. The third-order valence-corrected chi connectivity index (χ3v) is 5.57. The zero-order chi connectivity index (χ0) is 25.9. The molecule has 0 saturated heterocycles. The summed E-state index contributed by atoms with van der Waals surface area (Å²) in [6.07, 6.45) is -0.507. The first-order chi connectivity index (χ1) is 17.4. The van der Waals surface area contributed by atoms with E-state index in [9.17, 15) is 9.59 Å². The molecule has 190 valence electrons. The molecule has 0 aromatic heterocycles. The van der Waals surface area contributed by atoms with E-state index in [0.29, 0.717) is 18.1 Å². The molecule has 0 aliphatic carbocycles.